The van der Waals surface area contributed by atoms with Crippen molar-refractivity contribution in [2.45, 2.75) is 31.7 Å². The fourth-order valence-corrected chi connectivity index (χ4v) is 2.98. The number of hydrogen-bond donors (Lipinski definition) is 1. The average molecular weight is 285 g/mol. The van der Waals surface area contributed by atoms with Crippen LogP contribution in [-0.4, -0.2) is 29.2 Å². The van der Waals surface area contributed by atoms with Gasteiger partial charge in [-0.15, -0.1) is 0 Å². The molecular weight excluding hydrogens is 268 g/mol. The van der Waals surface area contributed by atoms with Crippen LogP contribution in [-0.2, 0) is 0 Å². The summed E-state index contributed by atoms with van der Waals surface area (Å²) < 4.78 is 0. The molecule has 1 N–H and O–H groups in total. The number of benzene rings is 1. The normalized spacial score (nSPS) is 15.7. The number of hydrogen-bond acceptors (Lipinski definition) is 4. The molecular formula is C13H17ClN2O3. The Bertz CT molecular complexity index is 461. The summed E-state index contributed by atoms with van der Waals surface area (Å²) in [5.41, 5.74) is 0.447. The largest absolute Gasteiger partial charge is 0.395 e. The van der Waals surface area contributed by atoms with Crippen LogP contribution in [0.2, 0.25) is 5.02 Å². The van der Waals surface area contributed by atoms with Gasteiger partial charge in [0.1, 0.15) is 10.7 Å². The Morgan fingerprint density at radius 1 is 1.42 bits per heavy atom. The molecule has 2 rings (SSSR count). The first kappa shape index (κ1) is 14.1. The number of nitro groups is 1. The zero-order valence-electron chi connectivity index (χ0n) is 10.6. The van der Waals surface area contributed by atoms with Crippen LogP contribution in [0.3, 0.4) is 0 Å². The second-order valence-corrected chi connectivity index (χ2v) is 5.13. The monoisotopic (exact) mass is 284 g/mol. The molecule has 0 heterocycles. The Morgan fingerprint density at radius 2 is 2.11 bits per heavy atom. The Balaban J connectivity index is 2.40. The third-order valence-electron chi connectivity index (χ3n) is 3.56. The number of rotatable bonds is 5. The van der Waals surface area contributed by atoms with Crippen LogP contribution in [0.4, 0.5) is 11.4 Å². The summed E-state index contributed by atoms with van der Waals surface area (Å²) in [5, 5.41) is 20.6. The minimum absolute atomic E-state index is 0.0276. The maximum Gasteiger partial charge on any atom is 0.310 e. The third kappa shape index (κ3) is 2.98. The average Bonchev–Trinajstić information content (AvgIpc) is 2.88. The summed E-state index contributed by atoms with van der Waals surface area (Å²) in [6, 6.07) is 5.20. The van der Waals surface area contributed by atoms with Crippen molar-refractivity contribution in [3.63, 3.8) is 0 Å². The van der Waals surface area contributed by atoms with E-state index in [1.54, 1.807) is 12.1 Å². The lowest BCUT2D eigenvalue weighted by Gasteiger charge is -2.30. The number of nitrogens with zero attached hydrogens (tertiary/aromatic N) is 2. The van der Waals surface area contributed by atoms with E-state index in [9.17, 15) is 15.2 Å². The van der Waals surface area contributed by atoms with Crippen molar-refractivity contribution >= 4 is 23.0 Å². The zero-order chi connectivity index (χ0) is 13.8. The van der Waals surface area contributed by atoms with Crippen LogP contribution >= 0.6 is 11.6 Å². The second-order valence-electron chi connectivity index (χ2n) is 4.72. The predicted molar refractivity (Wildman–Crippen MR) is 74.8 cm³/mol. The molecule has 0 spiro atoms. The number of aliphatic hydroxyl groups excluding tert-OH is 1. The van der Waals surface area contributed by atoms with Gasteiger partial charge in [-0.2, -0.15) is 0 Å². The Morgan fingerprint density at radius 3 is 2.68 bits per heavy atom. The Hall–Kier alpha value is -1.33. The van der Waals surface area contributed by atoms with E-state index in [0.29, 0.717) is 12.2 Å². The first-order chi connectivity index (χ1) is 9.15. The number of halogens is 1. The van der Waals surface area contributed by atoms with E-state index in [2.05, 4.69) is 0 Å². The van der Waals surface area contributed by atoms with Gasteiger partial charge in [0.05, 0.1) is 11.5 Å². The molecule has 1 aliphatic carbocycles. The van der Waals surface area contributed by atoms with Crippen LogP contribution < -0.4 is 4.90 Å². The summed E-state index contributed by atoms with van der Waals surface area (Å²) in [7, 11) is 0. The molecule has 6 heteroatoms. The highest BCUT2D eigenvalue weighted by Gasteiger charge is 2.29. The summed E-state index contributed by atoms with van der Waals surface area (Å²) in [6.07, 6.45) is 4.26. The lowest BCUT2D eigenvalue weighted by atomic mass is 10.1. The van der Waals surface area contributed by atoms with E-state index in [1.165, 1.54) is 6.07 Å². The molecule has 0 amide bonds. The molecule has 19 heavy (non-hydrogen) atoms. The van der Waals surface area contributed by atoms with Gasteiger partial charge in [-0.25, -0.2) is 0 Å². The molecule has 0 saturated heterocycles. The Kier molecular flexibility index (Phi) is 4.61. The van der Waals surface area contributed by atoms with Crippen molar-refractivity contribution < 1.29 is 10.0 Å². The van der Waals surface area contributed by atoms with Crippen molar-refractivity contribution in [3.05, 3.63) is 33.3 Å². The lowest BCUT2D eigenvalue weighted by Crippen LogP contribution is -2.36. The van der Waals surface area contributed by atoms with E-state index in [-0.39, 0.29) is 23.4 Å². The van der Waals surface area contributed by atoms with Crippen LogP contribution in [0, 0.1) is 10.1 Å². The van der Waals surface area contributed by atoms with Crippen LogP contribution in [0.5, 0.6) is 0 Å². The molecule has 104 valence electrons. The van der Waals surface area contributed by atoms with E-state index < -0.39 is 4.92 Å². The van der Waals surface area contributed by atoms with Gasteiger partial charge in [-0.1, -0.05) is 30.5 Å². The summed E-state index contributed by atoms with van der Waals surface area (Å²) in [4.78, 5) is 12.7. The summed E-state index contributed by atoms with van der Waals surface area (Å²) in [6.45, 7) is 0.367. The standard InChI is InChI=1S/C13H17ClN2O3/c14-11-6-3-7-12(13(11)16(18)19)15(8-9-17)10-4-1-2-5-10/h3,6-7,10,17H,1-2,4-5,8-9H2. The zero-order valence-corrected chi connectivity index (χ0v) is 11.3. The SMILES string of the molecule is O=[N+]([O-])c1c(Cl)cccc1N(CCO)C1CCCC1. The molecule has 0 radical (unpaired) electrons. The first-order valence-electron chi connectivity index (χ1n) is 6.45. The molecule has 0 aliphatic heterocycles. The van der Waals surface area contributed by atoms with Crippen molar-refractivity contribution in [2.75, 3.05) is 18.1 Å². The fraction of sp³-hybridized carbons (Fsp3) is 0.538. The highest BCUT2D eigenvalue weighted by atomic mass is 35.5. The predicted octanol–water partition coefficient (Wildman–Crippen LogP) is 2.99. The van der Waals surface area contributed by atoms with Gasteiger partial charge in [0.15, 0.2) is 0 Å². The quantitative estimate of drug-likeness (QED) is 0.667. The number of anilines is 1. The van der Waals surface area contributed by atoms with E-state index >= 15 is 0 Å². The van der Waals surface area contributed by atoms with Crippen molar-refractivity contribution in [1.29, 1.82) is 0 Å². The minimum atomic E-state index is -0.447. The van der Waals surface area contributed by atoms with E-state index in [1.807, 2.05) is 4.90 Å². The Labute approximate surface area is 116 Å². The van der Waals surface area contributed by atoms with E-state index in [0.717, 1.165) is 25.7 Å². The molecule has 1 aromatic rings. The van der Waals surface area contributed by atoms with Crippen LogP contribution in [0.1, 0.15) is 25.7 Å². The number of para-hydroxylation sites is 1. The second kappa shape index (κ2) is 6.21. The van der Waals surface area contributed by atoms with Crippen LogP contribution in [0.25, 0.3) is 0 Å². The van der Waals surface area contributed by atoms with Crippen molar-refractivity contribution in [3.8, 4) is 0 Å². The molecule has 0 aromatic heterocycles. The van der Waals surface area contributed by atoms with Crippen molar-refractivity contribution in [2.24, 2.45) is 0 Å². The lowest BCUT2D eigenvalue weighted by molar-refractivity contribution is -0.384. The molecule has 5 nitrogen and oxygen atoms in total. The van der Waals surface area contributed by atoms with Gasteiger partial charge < -0.3 is 10.0 Å². The smallest absolute Gasteiger partial charge is 0.310 e. The number of nitro benzene ring substituents is 1. The molecule has 1 fully saturated rings. The molecule has 0 atom stereocenters. The summed E-state index contributed by atoms with van der Waals surface area (Å²) in [5.74, 6) is 0. The molecule has 0 unspecified atom stereocenters. The van der Waals surface area contributed by atoms with Gasteiger partial charge in [0.25, 0.3) is 0 Å². The highest BCUT2D eigenvalue weighted by molar-refractivity contribution is 6.33. The topological polar surface area (TPSA) is 66.6 Å². The minimum Gasteiger partial charge on any atom is -0.395 e. The van der Waals surface area contributed by atoms with Crippen molar-refractivity contribution in [1.82, 2.24) is 0 Å². The van der Waals surface area contributed by atoms with Crippen LogP contribution in [0.15, 0.2) is 18.2 Å². The summed E-state index contributed by atoms with van der Waals surface area (Å²) >= 11 is 5.94. The fourth-order valence-electron chi connectivity index (χ4n) is 2.74. The molecule has 1 aromatic carbocycles. The molecule has 1 saturated carbocycles. The highest BCUT2D eigenvalue weighted by Crippen LogP contribution is 2.38. The van der Waals surface area contributed by atoms with E-state index in [4.69, 9.17) is 11.6 Å². The first-order valence-corrected chi connectivity index (χ1v) is 6.83. The van der Waals surface area contributed by atoms with Gasteiger partial charge in [0.2, 0.25) is 0 Å². The number of aliphatic hydroxyl groups is 1. The van der Waals surface area contributed by atoms with Gasteiger partial charge >= 0.3 is 5.69 Å². The maximum absolute atomic E-state index is 11.2. The van der Waals surface area contributed by atoms with Gasteiger partial charge in [0, 0.05) is 12.6 Å². The molecule has 1 aliphatic rings. The third-order valence-corrected chi connectivity index (χ3v) is 3.87. The van der Waals surface area contributed by atoms with Gasteiger partial charge in [-0.05, 0) is 25.0 Å². The maximum atomic E-state index is 11.2. The van der Waals surface area contributed by atoms with Gasteiger partial charge in [-0.3, -0.25) is 10.1 Å². The molecule has 0 bridgehead atoms.